The second-order valence-corrected chi connectivity index (χ2v) is 6.76. The van der Waals surface area contributed by atoms with Crippen LogP contribution in [0.1, 0.15) is 24.5 Å². The third-order valence-corrected chi connectivity index (χ3v) is 4.78. The molecule has 5 nitrogen and oxygen atoms in total. The average Bonchev–Trinajstić information content (AvgIpc) is 3.18. The van der Waals surface area contributed by atoms with Crippen LogP contribution in [0.15, 0.2) is 53.8 Å². The first-order valence-corrected chi connectivity index (χ1v) is 9.77. The number of nitrogens with zero attached hydrogens (tertiary/aromatic N) is 3. The molecule has 0 atom stereocenters. The van der Waals surface area contributed by atoms with Gasteiger partial charge in [0.15, 0.2) is 5.96 Å². The zero-order valence-corrected chi connectivity index (χ0v) is 18.6. The molecule has 3 rings (SSSR count). The van der Waals surface area contributed by atoms with E-state index in [4.69, 9.17) is 4.99 Å². The van der Waals surface area contributed by atoms with E-state index in [2.05, 4.69) is 75.8 Å². The van der Waals surface area contributed by atoms with Crippen molar-refractivity contribution in [1.29, 1.82) is 0 Å². The number of aliphatic imine (C=N–C) groups is 1. The Bertz CT molecular complexity index is 684. The summed E-state index contributed by atoms with van der Waals surface area (Å²) in [6, 6.07) is 12.9. The highest BCUT2D eigenvalue weighted by Gasteiger charge is 2.14. The molecule has 1 aromatic carbocycles. The van der Waals surface area contributed by atoms with Crippen molar-refractivity contribution in [2.75, 3.05) is 32.7 Å². The first-order valence-electron chi connectivity index (χ1n) is 9.77. The van der Waals surface area contributed by atoms with E-state index in [0.717, 1.165) is 58.2 Å². The Balaban J connectivity index is 0.00000261. The molecule has 0 saturated heterocycles. The van der Waals surface area contributed by atoms with Gasteiger partial charge in [-0.25, -0.2) is 0 Å². The van der Waals surface area contributed by atoms with E-state index >= 15 is 0 Å². The molecule has 27 heavy (non-hydrogen) atoms. The third kappa shape index (κ3) is 7.18. The molecule has 0 spiro atoms. The van der Waals surface area contributed by atoms with Crippen molar-refractivity contribution in [3.63, 3.8) is 0 Å². The second-order valence-electron chi connectivity index (χ2n) is 6.76. The predicted molar refractivity (Wildman–Crippen MR) is 124 cm³/mol. The van der Waals surface area contributed by atoms with Gasteiger partial charge in [0.25, 0.3) is 0 Å². The highest BCUT2D eigenvalue weighted by atomic mass is 127. The van der Waals surface area contributed by atoms with E-state index in [-0.39, 0.29) is 24.0 Å². The van der Waals surface area contributed by atoms with E-state index in [1.807, 2.05) is 0 Å². The predicted octanol–water partition coefficient (Wildman–Crippen LogP) is 3.11. The molecule has 0 fully saturated rings. The number of benzene rings is 1. The molecule has 0 saturated carbocycles. The molecule has 0 amide bonds. The summed E-state index contributed by atoms with van der Waals surface area (Å²) in [5.41, 5.74) is 3.00. The van der Waals surface area contributed by atoms with Gasteiger partial charge in [-0.3, -0.25) is 9.89 Å². The first kappa shape index (κ1) is 21.8. The van der Waals surface area contributed by atoms with Crippen molar-refractivity contribution in [2.24, 2.45) is 4.99 Å². The monoisotopic (exact) mass is 481 g/mol. The van der Waals surface area contributed by atoms with E-state index in [9.17, 15) is 0 Å². The van der Waals surface area contributed by atoms with Gasteiger partial charge >= 0.3 is 0 Å². The maximum Gasteiger partial charge on any atom is 0.191 e. The van der Waals surface area contributed by atoms with E-state index < -0.39 is 0 Å². The van der Waals surface area contributed by atoms with Gasteiger partial charge in [0.05, 0.1) is 0 Å². The van der Waals surface area contributed by atoms with Crippen molar-refractivity contribution in [1.82, 2.24) is 20.1 Å². The molecule has 2 aromatic rings. The molecule has 2 heterocycles. The Hall–Kier alpha value is -1.54. The van der Waals surface area contributed by atoms with Crippen molar-refractivity contribution in [2.45, 2.75) is 32.9 Å². The summed E-state index contributed by atoms with van der Waals surface area (Å²) in [6.07, 6.45) is 6.43. The number of fused-ring (bicyclic) bond motifs is 1. The summed E-state index contributed by atoms with van der Waals surface area (Å²) in [6.45, 7) is 9.03. The fraction of sp³-hybridized carbons (Fsp3) is 0.476. The minimum absolute atomic E-state index is 0. The van der Waals surface area contributed by atoms with Gasteiger partial charge in [-0.05, 0) is 43.0 Å². The first-order chi connectivity index (χ1) is 12.8. The van der Waals surface area contributed by atoms with E-state index in [0.29, 0.717) is 0 Å². The van der Waals surface area contributed by atoms with Gasteiger partial charge < -0.3 is 15.2 Å². The molecule has 6 heteroatoms. The van der Waals surface area contributed by atoms with E-state index in [1.165, 1.54) is 17.5 Å². The number of aromatic nitrogens is 1. The van der Waals surface area contributed by atoms with Gasteiger partial charge in [-0.2, -0.15) is 0 Å². The van der Waals surface area contributed by atoms with Gasteiger partial charge in [0.1, 0.15) is 0 Å². The average molecular weight is 481 g/mol. The number of halogens is 1. The minimum Gasteiger partial charge on any atom is -0.357 e. The van der Waals surface area contributed by atoms with Crippen molar-refractivity contribution in [3.05, 3.63) is 59.9 Å². The van der Waals surface area contributed by atoms with Crippen LogP contribution in [-0.2, 0) is 19.5 Å². The fourth-order valence-electron chi connectivity index (χ4n) is 3.39. The summed E-state index contributed by atoms with van der Waals surface area (Å²) in [5.74, 6) is 0.920. The van der Waals surface area contributed by atoms with Crippen molar-refractivity contribution < 1.29 is 0 Å². The van der Waals surface area contributed by atoms with Crippen LogP contribution in [0.25, 0.3) is 0 Å². The molecule has 2 N–H and O–H groups in total. The van der Waals surface area contributed by atoms with Gasteiger partial charge in [-0.15, -0.1) is 24.0 Å². The Morgan fingerprint density at radius 1 is 1.04 bits per heavy atom. The number of nitrogens with one attached hydrogen (secondary N) is 2. The highest BCUT2D eigenvalue weighted by molar-refractivity contribution is 14.0. The number of guanidine groups is 1. The Kier molecular flexibility index (Phi) is 9.69. The van der Waals surface area contributed by atoms with Crippen LogP contribution in [0.2, 0.25) is 0 Å². The van der Waals surface area contributed by atoms with E-state index in [1.54, 1.807) is 0 Å². The van der Waals surface area contributed by atoms with Crippen LogP contribution in [0.3, 0.4) is 0 Å². The topological polar surface area (TPSA) is 44.6 Å². The normalized spacial score (nSPS) is 14.3. The molecule has 1 aliphatic heterocycles. The van der Waals surface area contributed by atoms with Gasteiger partial charge in [-0.1, -0.05) is 24.3 Å². The van der Waals surface area contributed by atoms with Crippen LogP contribution < -0.4 is 10.6 Å². The van der Waals surface area contributed by atoms with Crippen molar-refractivity contribution in [3.8, 4) is 0 Å². The largest absolute Gasteiger partial charge is 0.357 e. The zero-order chi connectivity index (χ0) is 18.0. The third-order valence-electron chi connectivity index (χ3n) is 4.78. The number of hydrogen-bond donors (Lipinski definition) is 2. The minimum atomic E-state index is 0. The molecular formula is C21H32IN5. The van der Waals surface area contributed by atoms with Crippen LogP contribution >= 0.6 is 24.0 Å². The molecule has 0 radical (unpaired) electrons. The maximum absolute atomic E-state index is 4.72. The molecule has 1 aromatic heterocycles. The standard InChI is InChI=1S/C21H31N5.HI/c1-2-22-21(24-12-17-25-13-5-6-14-25)23-11-7-15-26-16-10-19-8-3-4-9-20(19)18-26;/h3-6,8-9,13-14H,2,7,10-12,15-18H2,1H3,(H2,22,23,24);1H. The molecule has 0 bridgehead atoms. The number of hydrogen-bond acceptors (Lipinski definition) is 2. The quantitative estimate of drug-likeness (QED) is 0.264. The van der Waals surface area contributed by atoms with Crippen molar-refractivity contribution >= 4 is 29.9 Å². The molecular weight excluding hydrogens is 449 g/mol. The molecule has 0 unspecified atom stereocenters. The summed E-state index contributed by atoms with van der Waals surface area (Å²) in [7, 11) is 0. The lowest BCUT2D eigenvalue weighted by Gasteiger charge is -2.28. The molecule has 1 aliphatic rings. The molecule has 0 aliphatic carbocycles. The Morgan fingerprint density at radius 2 is 1.81 bits per heavy atom. The van der Waals surface area contributed by atoms with Gasteiger partial charge in [0, 0.05) is 58.2 Å². The van der Waals surface area contributed by atoms with Crippen LogP contribution in [0, 0.1) is 0 Å². The van der Waals surface area contributed by atoms with Crippen LogP contribution in [0.4, 0.5) is 0 Å². The molecule has 148 valence electrons. The van der Waals surface area contributed by atoms with Gasteiger partial charge in [0.2, 0.25) is 0 Å². The lowest BCUT2D eigenvalue weighted by atomic mass is 10.00. The maximum atomic E-state index is 4.72. The number of rotatable bonds is 8. The lowest BCUT2D eigenvalue weighted by molar-refractivity contribution is 0.252. The summed E-state index contributed by atoms with van der Waals surface area (Å²) >= 11 is 0. The summed E-state index contributed by atoms with van der Waals surface area (Å²) in [4.78, 5) is 7.27. The summed E-state index contributed by atoms with van der Waals surface area (Å²) in [5, 5.41) is 6.75. The zero-order valence-electron chi connectivity index (χ0n) is 16.2. The smallest absolute Gasteiger partial charge is 0.191 e. The fourth-order valence-corrected chi connectivity index (χ4v) is 3.39. The highest BCUT2D eigenvalue weighted by Crippen LogP contribution is 2.18. The van der Waals surface area contributed by atoms with Crippen LogP contribution in [0.5, 0.6) is 0 Å². The second kappa shape index (κ2) is 12.0. The lowest BCUT2D eigenvalue weighted by Crippen LogP contribution is -2.39. The van der Waals surface area contributed by atoms with Crippen LogP contribution in [-0.4, -0.2) is 48.2 Å². The SMILES string of the molecule is CCNC(=NCCCN1CCc2ccccc2C1)NCCn1cccc1.I. The Labute approximate surface area is 180 Å². The Morgan fingerprint density at radius 3 is 2.59 bits per heavy atom. The summed E-state index contributed by atoms with van der Waals surface area (Å²) < 4.78 is 2.17.